The molecule has 0 aliphatic heterocycles. The standard InChI is InChI=1S/C15H19NS/c1-11-3-6-13(7-4-11)8-9-14(16)15-10-5-12(2)17-15/h3-7,10,14H,8-9,16H2,1-2H3. The highest BCUT2D eigenvalue weighted by molar-refractivity contribution is 7.12. The Morgan fingerprint density at radius 3 is 2.35 bits per heavy atom. The lowest BCUT2D eigenvalue weighted by Gasteiger charge is -2.09. The summed E-state index contributed by atoms with van der Waals surface area (Å²) >= 11 is 1.81. The fourth-order valence-corrected chi connectivity index (χ4v) is 2.79. The van der Waals surface area contributed by atoms with Crippen LogP contribution >= 0.6 is 11.3 Å². The lowest BCUT2D eigenvalue weighted by molar-refractivity contribution is 0.662. The van der Waals surface area contributed by atoms with Gasteiger partial charge in [0, 0.05) is 15.8 Å². The van der Waals surface area contributed by atoms with Crippen molar-refractivity contribution in [2.75, 3.05) is 0 Å². The summed E-state index contributed by atoms with van der Waals surface area (Å²) < 4.78 is 0. The molecule has 0 saturated carbocycles. The maximum absolute atomic E-state index is 6.20. The monoisotopic (exact) mass is 245 g/mol. The van der Waals surface area contributed by atoms with Crippen molar-refractivity contribution in [2.45, 2.75) is 32.7 Å². The Balaban J connectivity index is 1.92. The van der Waals surface area contributed by atoms with E-state index in [2.05, 4.69) is 50.2 Å². The van der Waals surface area contributed by atoms with E-state index in [9.17, 15) is 0 Å². The number of aryl methyl sites for hydroxylation is 3. The average Bonchev–Trinajstić information content (AvgIpc) is 2.75. The Kier molecular flexibility index (Phi) is 3.97. The van der Waals surface area contributed by atoms with Gasteiger partial charge in [-0.1, -0.05) is 29.8 Å². The van der Waals surface area contributed by atoms with Gasteiger partial charge in [0.25, 0.3) is 0 Å². The molecule has 1 nitrogen and oxygen atoms in total. The van der Waals surface area contributed by atoms with Crippen LogP contribution in [0.15, 0.2) is 36.4 Å². The predicted molar refractivity (Wildman–Crippen MR) is 75.5 cm³/mol. The summed E-state index contributed by atoms with van der Waals surface area (Å²) in [7, 11) is 0. The van der Waals surface area contributed by atoms with Crippen molar-refractivity contribution in [3.63, 3.8) is 0 Å². The van der Waals surface area contributed by atoms with Crippen LogP contribution in [0.5, 0.6) is 0 Å². The van der Waals surface area contributed by atoms with Gasteiger partial charge in [0.05, 0.1) is 0 Å². The summed E-state index contributed by atoms with van der Waals surface area (Å²) in [6.07, 6.45) is 2.07. The van der Waals surface area contributed by atoms with Gasteiger partial charge in [0.15, 0.2) is 0 Å². The quantitative estimate of drug-likeness (QED) is 0.865. The first-order valence-corrected chi connectivity index (χ1v) is 6.84. The van der Waals surface area contributed by atoms with Gasteiger partial charge in [-0.2, -0.15) is 0 Å². The molecule has 2 rings (SSSR count). The van der Waals surface area contributed by atoms with Crippen LogP contribution in [-0.4, -0.2) is 0 Å². The number of thiophene rings is 1. The van der Waals surface area contributed by atoms with E-state index in [0.29, 0.717) is 0 Å². The molecule has 1 aromatic heterocycles. The molecule has 1 unspecified atom stereocenters. The number of hydrogen-bond acceptors (Lipinski definition) is 2. The maximum Gasteiger partial charge on any atom is 0.0393 e. The van der Waals surface area contributed by atoms with Gasteiger partial charge in [-0.15, -0.1) is 11.3 Å². The average molecular weight is 245 g/mol. The van der Waals surface area contributed by atoms with Crippen molar-refractivity contribution in [3.8, 4) is 0 Å². The molecule has 1 heterocycles. The Bertz CT molecular complexity index is 470. The molecule has 0 amide bonds. The van der Waals surface area contributed by atoms with Gasteiger partial charge >= 0.3 is 0 Å². The third kappa shape index (κ3) is 3.42. The van der Waals surface area contributed by atoms with Crippen LogP contribution in [0.25, 0.3) is 0 Å². The molecular weight excluding hydrogens is 226 g/mol. The molecule has 0 saturated heterocycles. The molecule has 0 fully saturated rings. The molecule has 17 heavy (non-hydrogen) atoms. The summed E-state index contributed by atoms with van der Waals surface area (Å²) in [5.41, 5.74) is 8.88. The van der Waals surface area contributed by atoms with Crippen LogP contribution in [0.1, 0.15) is 33.3 Å². The Labute approximate surface area is 107 Å². The molecule has 1 aromatic carbocycles. The molecular formula is C15H19NS. The van der Waals surface area contributed by atoms with E-state index in [1.54, 1.807) is 0 Å². The van der Waals surface area contributed by atoms with Crippen molar-refractivity contribution >= 4 is 11.3 Å². The Morgan fingerprint density at radius 2 is 1.76 bits per heavy atom. The summed E-state index contributed by atoms with van der Waals surface area (Å²) in [6.45, 7) is 4.24. The van der Waals surface area contributed by atoms with Crippen molar-refractivity contribution in [1.82, 2.24) is 0 Å². The molecule has 0 spiro atoms. The molecule has 90 valence electrons. The van der Waals surface area contributed by atoms with E-state index in [4.69, 9.17) is 5.73 Å². The summed E-state index contributed by atoms with van der Waals surface area (Å²) in [5, 5.41) is 0. The third-order valence-corrected chi connectivity index (χ3v) is 4.12. The zero-order valence-electron chi connectivity index (χ0n) is 10.4. The SMILES string of the molecule is Cc1ccc(CCC(N)c2ccc(C)s2)cc1. The molecule has 2 heteroatoms. The zero-order valence-corrected chi connectivity index (χ0v) is 11.3. The number of benzene rings is 1. The number of nitrogens with two attached hydrogens (primary N) is 1. The normalized spacial score (nSPS) is 12.6. The molecule has 2 N–H and O–H groups in total. The molecule has 0 radical (unpaired) electrons. The first-order chi connectivity index (χ1) is 8.15. The first kappa shape index (κ1) is 12.3. The van der Waals surface area contributed by atoms with Crippen LogP contribution in [-0.2, 0) is 6.42 Å². The van der Waals surface area contributed by atoms with Gasteiger partial charge < -0.3 is 5.73 Å². The molecule has 0 bridgehead atoms. The minimum Gasteiger partial charge on any atom is -0.323 e. The highest BCUT2D eigenvalue weighted by Crippen LogP contribution is 2.24. The van der Waals surface area contributed by atoms with Gasteiger partial charge in [0.2, 0.25) is 0 Å². The van der Waals surface area contributed by atoms with Crippen molar-refractivity contribution in [2.24, 2.45) is 5.73 Å². The second-order valence-corrected chi connectivity index (χ2v) is 5.90. The van der Waals surface area contributed by atoms with Crippen molar-refractivity contribution in [3.05, 3.63) is 57.3 Å². The second-order valence-electron chi connectivity index (χ2n) is 4.58. The van der Waals surface area contributed by atoms with Crippen LogP contribution in [0, 0.1) is 13.8 Å². The van der Waals surface area contributed by atoms with E-state index in [1.165, 1.54) is 20.9 Å². The van der Waals surface area contributed by atoms with E-state index in [1.807, 2.05) is 11.3 Å². The van der Waals surface area contributed by atoms with Crippen molar-refractivity contribution < 1.29 is 0 Å². The fourth-order valence-electron chi connectivity index (χ4n) is 1.87. The third-order valence-electron chi connectivity index (χ3n) is 2.99. The first-order valence-electron chi connectivity index (χ1n) is 6.02. The molecule has 0 aliphatic carbocycles. The highest BCUT2D eigenvalue weighted by Gasteiger charge is 2.08. The second kappa shape index (κ2) is 5.48. The Hall–Kier alpha value is -1.12. The molecule has 2 aromatic rings. The summed E-state index contributed by atoms with van der Waals surface area (Å²) in [4.78, 5) is 2.64. The minimum absolute atomic E-state index is 0.176. The Morgan fingerprint density at radius 1 is 1.06 bits per heavy atom. The number of rotatable bonds is 4. The minimum atomic E-state index is 0.176. The highest BCUT2D eigenvalue weighted by atomic mass is 32.1. The van der Waals surface area contributed by atoms with Gasteiger partial charge in [0.1, 0.15) is 0 Å². The largest absolute Gasteiger partial charge is 0.323 e. The summed E-state index contributed by atoms with van der Waals surface area (Å²) in [6, 6.07) is 13.2. The topological polar surface area (TPSA) is 26.0 Å². The number of hydrogen-bond donors (Lipinski definition) is 1. The van der Waals surface area contributed by atoms with Crippen LogP contribution < -0.4 is 5.73 Å². The summed E-state index contributed by atoms with van der Waals surface area (Å²) in [5.74, 6) is 0. The van der Waals surface area contributed by atoms with E-state index >= 15 is 0 Å². The lowest BCUT2D eigenvalue weighted by atomic mass is 10.0. The maximum atomic E-state index is 6.20. The molecule has 0 aliphatic rings. The van der Waals surface area contributed by atoms with Gasteiger partial charge in [-0.05, 0) is 44.4 Å². The predicted octanol–water partition coefficient (Wildman–Crippen LogP) is 4.00. The molecule has 1 atom stereocenters. The smallest absolute Gasteiger partial charge is 0.0393 e. The lowest BCUT2D eigenvalue weighted by Crippen LogP contribution is -2.09. The van der Waals surface area contributed by atoms with Gasteiger partial charge in [-0.3, -0.25) is 0 Å². The fraction of sp³-hybridized carbons (Fsp3) is 0.333. The van der Waals surface area contributed by atoms with Crippen LogP contribution in [0.2, 0.25) is 0 Å². The van der Waals surface area contributed by atoms with Gasteiger partial charge in [-0.25, -0.2) is 0 Å². The van der Waals surface area contributed by atoms with Crippen molar-refractivity contribution in [1.29, 1.82) is 0 Å². The van der Waals surface area contributed by atoms with E-state index in [0.717, 1.165) is 12.8 Å². The van der Waals surface area contributed by atoms with E-state index < -0.39 is 0 Å². The van der Waals surface area contributed by atoms with Crippen LogP contribution in [0.3, 0.4) is 0 Å². The van der Waals surface area contributed by atoms with E-state index in [-0.39, 0.29) is 6.04 Å². The zero-order chi connectivity index (χ0) is 12.3. The van der Waals surface area contributed by atoms with Crippen LogP contribution in [0.4, 0.5) is 0 Å².